The Bertz CT molecular complexity index is 619. The van der Waals surface area contributed by atoms with Gasteiger partial charge in [0.1, 0.15) is 6.10 Å². The molecule has 5 nitrogen and oxygen atoms in total. The molecule has 29 heavy (non-hydrogen) atoms. The maximum atomic E-state index is 12.1. The van der Waals surface area contributed by atoms with Crippen molar-refractivity contribution in [3.63, 3.8) is 0 Å². The summed E-state index contributed by atoms with van der Waals surface area (Å²) >= 11 is 0. The number of nitrogens with zero attached hydrogens (tertiary/aromatic N) is 1. The molecule has 2 aliphatic rings. The van der Waals surface area contributed by atoms with E-state index in [1.165, 1.54) is 5.56 Å². The molecule has 2 aliphatic carbocycles. The summed E-state index contributed by atoms with van der Waals surface area (Å²) in [5, 5.41) is 0. The number of hydrogen-bond acceptors (Lipinski definition) is 5. The molecule has 3 rings (SSSR count). The zero-order valence-electron chi connectivity index (χ0n) is 17.5. The van der Waals surface area contributed by atoms with E-state index in [1.54, 1.807) is 0 Å². The van der Waals surface area contributed by atoms with Crippen molar-refractivity contribution >= 4 is 11.9 Å². The molecular formula is C24H35NO4. The fraction of sp³-hybridized carbons (Fsp3) is 0.708. The third-order valence-electron chi connectivity index (χ3n) is 6.34. The molecule has 0 unspecified atom stereocenters. The van der Waals surface area contributed by atoms with Gasteiger partial charge in [-0.2, -0.15) is 0 Å². The second-order valence-corrected chi connectivity index (χ2v) is 8.66. The predicted octanol–water partition coefficient (Wildman–Crippen LogP) is 5.02. The van der Waals surface area contributed by atoms with Crippen LogP contribution in [0.1, 0.15) is 82.6 Å². The number of pyridine rings is 1. The van der Waals surface area contributed by atoms with Gasteiger partial charge in [0.05, 0.1) is 12.5 Å². The maximum Gasteiger partial charge on any atom is 0.308 e. The van der Waals surface area contributed by atoms with E-state index >= 15 is 0 Å². The van der Waals surface area contributed by atoms with Crippen LogP contribution in [-0.4, -0.2) is 29.6 Å². The van der Waals surface area contributed by atoms with Gasteiger partial charge in [0.2, 0.25) is 0 Å². The van der Waals surface area contributed by atoms with Crippen molar-refractivity contribution in [3.8, 4) is 0 Å². The molecule has 0 spiro atoms. The third-order valence-corrected chi connectivity index (χ3v) is 6.34. The second-order valence-electron chi connectivity index (χ2n) is 8.66. The SMILES string of the molecule is O=C(CCCCCc1ccncc1)OC1CCC(COC(=O)C2CCCC2)CC1. The first kappa shape index (κ1) is 21.8. The van der Waals surface area contributed by atoms with Crippen LogP contribution in [0, 0.1) is 11.8 Å². The molecule has 0 aliphatic heterocycles. The fourth-order valence-corrected chi connectivity index (χ4v) is 4.47. The molecule has 1 heterocycles. The summed E-state index contributed by atoms with van der Waals surface area (Å²) in [7, 11) is 0. The maximum absolute atomic E-state index is 12.1. The van der Waals surface area contributed by atoms with Gasteiger partial charge in [0.15, 0.2) is 0 Å². The average molecular weight is 402 g/mol. The van der Waals surface area contributed by atoms with E-state index in [0.29, 0.717) is 18.9 Å². The van der Waals surface area contributed by atoms with Crippen LogP contribution in [0.5, 0.6) is 0 Å². The summed E-state index contributed by atoms with van der Waals surface area (Å²) in [5.74, 6) is 0.491. The second kappa shape index (κ2) is 11.9. The van der Waals surface area contributed by atoms with Crippen LogP contribution in [0.4, 0.5) is 0 Å². The Morgan fingerprint density at radius 1 is 0.931 bits per heavy atom. The molecule has 1 aromatic rings. The van der Waals surface area contributed by atoms with E-state index < -0.39 is 0 Å². The lowest BCUT2D eigenvalue weighted by molar-refractivity contribution is -0.152. The van der Waals surface area contributed by atoms with Crippen molar-refractivity contribution in [2.75, 3.05) is 6.61 Å². The minimum absolute atomic E-state index is 0.0000165. The molecule has 2 fully saturated rings. The van der Waals surface area contributed by atoms with Crippen LogP contribution in [0.25, 0.3) is 0 Å². The standard InChI is InChI=1S/C24H35NO4/c26-23(9-3-1-2-6-19-14-16-25-17-15-19)29-22-12-10-20(11-13-22)18-28-24(27)21-7-4-5-8-21/h14-17,20-22H,1-13,18H2. The Kier molecular flexibility index (Phi) is 8.97. The quantitative estimate of drug-likeness (QED) is 0.407. The van der Waals surface area contributed by atoms with Gasteiger partial charge in [0, 0.05) is 18.8 Å². The lowest BCUT2D eigenvalue weighted by Crippen LogP contribution is -2.27. The van der Waals surface area contributed by atoms with Crippen molar-refractivity contribution in [2.24, 2.45) is 11.8 Å². The summed E-state index contributed by atoms with van der Waals surface area (Å²) in [4.78, 5) is 28.1. The Morgan fingerprint density at radius 3 is 2.38 bits per heavy atom. The first-order valence-corrected chi connectivity index (χ1v) is 11.5. The molecule has 0 bridgehead atoms. The topological polar surface area (TPSA) is 65.5 Å². The molecule has 160 valence electrons. The van der Waals surface area contributed by atoms with Crippen LogP contribution < -0.4 is 0 Å². The van der Waals surface area contributed by atoms with E-state index in [-0.39, 0.29) is 24.0 Å². The van der Waals surface area contributed by atoms with Gasteiger partial charge < -0.3 is 9.47 Å². The lowest BCUT2D eigenvalue weighted by Gasteiger charge is -2.28. The molecule has 0 amide bonds. The zero-order valence-corrected chi connectivity index (χ0v) is 17.5. The summed E-state index contributed by atoms with van der Waals surface area (Å²) < 4.78 is 11.2. The number of carbonyl (C=O) groups excluding carboxylic acids is 2. The normalized spacial score (nSPS) is 22.3. The van der Waals surface area contributed by atoms with E-state index in [0.717, 1.165) is 77.0 Å². The van der Waals surface area contributed by atoms with Crippen LogP contribution in [0.3, 0.4) is 0 Å². The highest BCUT2D eigenvalue weighted by molar-refractivity contribution is 5.72. The van der Waals surface area contributed by atoms with Crippen LogP contribution in [0.15, 0.2) is 24.5 Å². The van der Waals surface area contributed by atoms with Crippen LogP contribution in [0.2, 0.25) is 0 Å². The highest BCUT2D eigenvalue weighted by Crippen LogP contribution is 2.29. The molecular weight excluding hydrogens is 366 g/mol. The average Bonchev–Trinajstić information content (AvgIpc) is 3.29. The van der Waals surface area contributed by atoms with Gasteiger partial charge in [-0.05, 0) is 81.4 Å². The number of carbonyl (C=O) groups is 2. The fourth-order valence-electron chi connectivity index (χ4n) is 4.47. The Balaban J connectivity index is 1.21. The monoisotopic (exact) mass is 401 g/mol. The summed E-state index contributed by atoms with van der Waals surface area (Å²) in [6.07, 6.45) is 16.3. The zero-order chi connectivity index (χ0) is 20.3. The largest absolute Gasteiger partial charge is 0.465 e. The van der Waals surface area contributed by atoms with Gasteiger partial charge in [-0.1, -0.05) is 19.3 Å². The first-order chi connectivity index (χ1) is 14.2. The third kappa shape index (κ3) is 7.79. The number of rotatable bonds is 10. The van der Waals surface area contributed by atoms with E-state index in [2.05, 4.69) is 4.98 Å². The van der Waals surface area contributed by atoms with Gasteiger partial charge in [-0.15, -0.1) is 0 Å². The molecule has 2 saturated carbocycles. The Morgan fingerprint density at radius 2 is 1.66 bits per heavy atom. The highest BCUT2D eigenvalue weighted by atomic mass is 16.5. The minimum Gasteiger partial charge on any atom is -0.465 e. The first-order valence-electron chi connectivity index (χ1n) is 11.5. The van der Waals surface area contributed by atoms with Gasteiger partial charge in [-0.3, -0.25) is 14.6 Å². The number of unbranched alkanes of at least 4 members (excludes halogenated alkanes) is 2. The minimum atomic E-state index is -0.0648. The summed E-state index contributed by atoms with van der Waals surface area (Å²) in [5.41, 5.74) is 1.30. The van der Waals surface area contributed by atoms with Crippen molar-refractivity contribution in [2.45, 2.75) is 89.6 Å². The van der Waals surface area contributed by atoms with E-state index in [1.807, 2.05) is 24.5 Å². The lowest BCUT2D eigenvalue weighted by atomic mass is 9.88. The van der Waals surface area contributed by atoms with Crippen LogP contribution in [-0.2, 0) is 25.5 Å². The molecule has 1 aromatic heterocycles. The summed E-state index contributed by atoms with van der Waals surface area (Å²) in [6, 6.07) is 4.08. The van der Waals surface area contributed by atoms with Crippen molar-refractivity contribution in [1.82, 2.24) is 4.98 Å². The molecule has 0 atom stereocenters. The molecule has 0 N–H and O–H groups in total. The molecule has 0 radical (unpaired) electrons. The summed E-state index contributed by atoms with van der Waals surface area (Å²) in [6.45, 7) is 0.535. The van der Waals surface area contributed by atoms with Crippen molar-refractivity contribution < 1.29 is 19.1 Å². The number of ether oxygens (including phenoxy) is 2. The van der Waals surface area contributed by atoms with Gasteiger partial charge >= 0.3 is 11.9 Å². The number of aryl methyl sites for hydroxylation is 1. The Labute approximate surface area is 174 Å². The molecule has 5 heteroatoms. The molecule has 0 saturated heterocycles. The Hall–Kier alpha value is -1.91. The smallest absolute Gasteiger partial charge is 0.308 e. The van der Waals surface area contributed by atoms with E-state index in [4.69, 9.17) is 9.47 Å². The molecule has 0 aromatic carbocycles. The van der Waals surface area contributed by atoms with Gasteiger partial charge in [0.25, 0.3) is 0 Å². The highest BCUT2D eigenvalue weighted by Gasteiger charge is 2.27. The number of hydrogen-bond donors (Lipinski definition) is 0. The van der Waals surface area contributed by atoms with E-state index in [9.17, 15) is 9.59 Å². The van der Waals surface area contributed by atoms with Crippen LogP contribution >= 0.6 is 0 Å². The van der Waals surface area contributed by atoms with Crippen molar-refractivity contribution in [1.29, 1.82) is 0 Å². The number of esters is 2. The number of aromatic nitrogens is 1. The van der Waals surface area contributed by atoms with Crippen molar-refractivity contribution in [3.05, 3.63) is 30.1 Å². The van der Waals surface area contributed by atoms with Gasteiger partial charge in [-0.25, -0.2) is 0 Å². The predicted molar refractivity (Wildman–Crippen MR) is 111 cm³/mol.